The van der Waals surface area contributed by atoms with E-state index in [9.17, 15) is 38.4 Å². The predicted molar refractivity (Wildman–Crippen MR) is 171 cm³/mol. The normalized spacial score (nSPS) is 20.9. The predicted octanol–water partition coefficient (Wildman–Crippen LogP) is -4.72. The van der Waals surface area contributed by atoms with Gasteiger partial charge >= 0.3 is 0 Å². The Hall–Kier alpha value is -3.82. The number of carbonyl (C=O) groups excluding carboxylic acids is 8. The van der Waals surface area contributed by atoms with Crippen molar-refractivity contribution in [3.63, 3.8) is 0 Å². The average molecular weight is 648 g/mol. The highest BCUT2D eigenvalue weighted by molar-refractivity contribution is 6.16. The lowest BCUT2D eigenvalue weighted by molar-refractivity contribution is -0.141. The molecule has 0 aromatic carbocycles. The van der Waals surface area contributed by atoms with Crippen LogP contribution >= 0.6 is 0 Å². The molecule has 2 saturated heterocycles. The maximum Gasteiger partial charge on any atom is 0.236 e. The van der Waals surface area contributed by atoms with Crippen molar-refractivity contribution < 1.29 is 38.4 Å². The molecule has 4 unspecified atom stereocenters. The summed E-state index contributed by atoms with van der Waals surface area (Å²) in [6, 6.07) is 0. The fraction of sp³-hybridized carbons (Fsp3) is 0.704. The second-order valence-electron chi connectivity index (χ2n) is 11.9. The summed E-state index contributed by atoms with van der Waals surface area (Å²) < 4.78 is 0. The Morgan fingerprint density at radius 3 is 1.32 bits per heavy atom. The number of likely N-dealkylation sites (tertiary alicyclic amines) is 2. The van der Waals surface area contributed by atoms with Crippen LogP contribution in [0.5, 0.6) is 0 Å². The largest absolute Gasteiger partial charge is 0.409 e. The molecule has 0 bridgehead atoms. The van der Waals surface area contributed by atoms with Crippen molar-refractivity contribution in [3.8, 4) is 0 Å². The molecule has 0 spiro atoms. The number of rotatable bonds is 16. The maximum atomic E-state index is 13.5. The number of amides is 7. The van der Waals surface area contributed by atoms with E-state index in [0.29, 0.717) is 32.2 Å². The molecule has 0 saturated carbocycles. The monoisotopic (exact) mass is 648 g/mol. The van der Waals surface area contributed by atoms with Gasteiger partial charge in [0, 0.05) is 39.1 Å². The number of Topliss-reactive ketones (excluding diaryl/α,β-unsaturated/α-hetero) is 1. The first-order chi connectivity index (χ1) is 22.3. The molecule has 0 aromatic heterocycles. The molecule has 20 heteroatoms. The van der Waals surface area contributed by atoms with Crippen LogP contribution in [-0.4, -0.2) is 146 Å². The van der Waals surface area contributed by atoms with Crippen LogP contribution in [-0.2, 0) is 38.4 Å². The molecular weight excluding hydrogens is 608 g/mol. The second-order valence-corrected chi connectivity index (χ2v) is 11.9. The third kappa shape index (κ3) is 12.7. The Balaban J connectivity index is 2.21. The Labute approximate surface area is 279 Å². The van der Waals surface area contributed by atoms with Gasteiger partial charge in [0.05, 0.1) is 43.3 Å². The van der Waals surface area contributed by atoms with Crippen LogP contribution in [0, 0.1) is 23.7 Å². The highest BCUT2D eigenvalue weighted by Crippen LogP contribution is 2.24. The van der Waals surface area contributed by atoms with E-state index in [-0.39, 0.29) is 51.3 Å². The first kappa shape index (κ1) is 39.4. The van der Waals surface area contributed by atoms with E-state index in [1.807, 2.05) is 20.9 Å². The third-order valence-corrected chi connectivity index (χ3v) is 8.27. The number of hydrogen-bond donors (Lipinski definition) is 5. The van der Waals surface area contributed by atoms with Gasteiger partial charge in [-0.15, -0.1) is 0 Å². The summed E-state index contributed by atoms with van der Waals surface area (Å²) in [4.78, 5) is 104. The topological polar surface area (TPSA) is 206 Å². The molecule has 2 heterocycles. The molecule has 5 N–H and O–H groups in total. The number of carbonyl (C=O) groups is 8. The lowest BCUT2D eigenvalue weighted by Gasteiger charge is -2.38. The summed E-state index contributed by atoms with van der Waals surface area (Å²) in [6.07, 6.45) is 2.65. The number of nitrogens with one attached hydrogen (secondary N) is 5. The van der Waals surface area contributed by atoms with Gasteiger partial charge in [0.1, 0.15) is 5.78 Å². The van der Waals surface area contributed by atoms with Crippen molar-refractivity contribution in [2.75, 3.05) is 52.4 Å². The highest BCUT2D eigenvalue weighted by Gasteiger charge is 2.39. The summed E-state index contributed by atoms with van der Waals surface area (Å²) in [5.41, 5.74) is 0. The van der Waals surface area contributed by atoms with Crippen LogP contribution in [0.15, 0.2) is 0 Å². The number of unbranched alkanes of at least 4 members (excludes halogenated alkanes) is 2. The fourth-order valence-corrected chi connectivity index (χ4v) is 5.75. The van der Waals surface area contributed by atoms with Crippen molar-refractivity contribution in [1.29, 1.82) is 0 Å². The molecule has 16 nitrogen and oxygen atoms in total. The maximum absolute atomic E-state index is 13.5. The lowest BCUT2D eigenvalue weighted by Crippen LogP contribution is -2.56. The van der Waals surface area contributed by atoms with Crippen LogP contribution in [0.2, 0.25) is 0 Å². The minimum absolute atomic E-state index is 0.0671. The van der Waals surface area contributed by atoms with Crippen LogP contribution in [0.3, 0.4) is 0 Å². The average Bonchev–Trinajstić information content (AvgIpc) is 3.07. The number of hydrogen-bond acceptors (Lipinski definition) is 9. The zero-order chi connectivity index (χ0) is 35.1. The van der Waals surface area contributed by atoms with Gasteiger partial charge in [0.25, 0.3) is 0 Å². The lowest BCUT2D eigenvalue weighted by atomic mass is 9.87. The molecule has 248 valence electrons. The third-order valence-electron chi connectivity index (χ3n) is 8.27. The van der Waals surface area contributed by atoms with Crippen LogP contribution in [0.25, 0.3) is 0 Å². The fourth-order valence-electron chi connectivity index (χ4n) is 5.75. The van der Waals surface area contributed by atoms with Crippen molar-refractivity contribution in [3.05, 3.63) is 0 Å². The van der Waals surface area contributed by atoms with E-state index in [0.717, 1.165) is 0 Å². The summed E-state index contributed by atoms with van der Waals surface area (Å²) in [7, 11) is 21.2. The standard InChI is InChI=1S/C27H40B4N8O8/c1-16(40)5-3-2-4-6-32-21(41)13-37(14-22(42)38-9-17(24(44)33-28)7-18(10-38)25(45)34-29)15-23(43)39-11-19(26(46)35-30)8-20(12-39)27(47)36-31/h17-20H,2-15H2,1H3,(H,32,41)(H,33,44)(H,34,45)(H,35,46)(H,36,47). The van der Waals surface area contributed by atoms with E-state index in [1.54, 1.807) is 0 Å². The van der Waals surface area contributed by atoms with E-state index >= 15 is 0 Å². The van der Waals surface area contributed by atoms with Gasteiger partial charge in [-0.3, -0.25) is 38.5 Å². The summed E-state index contributed by atoms with van der Waals surface area (Å²) in [6.45, 7) is 0.286. The Kier molecular flexibility index (Phi) is 16.5. The zero-order valence-corrected chi connectivity index (χ0v) is 26.6. The van der Waals surface area contributed by atoms with E-state index < -0.39 is 78.1 Å². The SMILES string of the molecule is [B]NC(=O)C1CC(C(=O)N[B])CN(C(=O)CN(CC(=O)NCCCCCC(C)=O)CC(=O)N2CC(C(=O)N[B])CC(C(=O)N[B])C2)C1. The summed E-state index contributed by atoms with van der Waals surface area (Å²) in [5.74, 6) is -7.11. The van der Waals surface area contributed by atoms with E-state index in [1.165, 1.54) is 21.6 Å². The smallest absolute Gasteiger partial charge is 0.236 e. The van der Waals surface area contributed by atoms with Crippen LogP contribution in [0.1, 0.15) is 45.4 Å². The molecule has 4 atom stereocenters. The van der Waals surface area contributed by atoms with Gasteiger partial charge in [-0.05, 0) is 32.6 Å². The van der Waals surface area contributed by atoms with Crippen LogP contribution in [0.4, 0.5) is 0 Å². The minimum Gasteiger partial charge on any atom is -0.409 e. The molecule has 2 rings (SSSR count). The quantitative estimate of drug-likeness (QED) is 0.0805. The zero-order valence-electron chi connectivity index (χ0n) is 26.6. The summed E-state index contributed by atoms with van der Waals surface area (Å²) in [5, 5.41) is 10.9. The molecule has 2 aliphatic rings. The van der Waals surface area contributed by atoms with Crippen molar-refractivity contribution >= 4 is 79.1 Å². The molecule has 0 aromatic rings. The number of piperidine rings is 2. The van der Waals surface area contributed by atoms with Crippen molar-refractivity contribution in [2.24, 2.45) is 23.7 Å². The molecule has 0 aliphatic carbocycles. The second kappa shape index (κ2) is 19.8. The molecule has 47 heavy (non-hydrogen) atoms. The highest BCUT2D eigenvalue weighted by atomic mass is 16.2. The molecule has 2 fully saturated rings. The van der Waals surface area contributed by atoms with Gasteiger partial charge in [0.2, 0.25) is 73.3 Å². The van der Waals surface area contributed by atoms with Gasteiger partial charge < -0.3 is 40.8 Å². The Morgan fingerprint density at radius 1 is 0.596 bits per heavy atom. The van der Waals surface area contributed by atoms with Crippen molar-refractivity contribution in [1.82, 2.24) is 40.9 Å². The number of nitrogens with zero attached hydrogens (tertiary/aromatic N) is 3. The first-order valence-electron chi connectivity index (χ1n) is 15.4. The van der Waals surface area contributed by atoms with Gasteiger partial charge in [-0.1, -0.05) is 6.42 Å². The van der Waals surface area contributed by atoms with Gasteiger partial charge in [0.15, 0.2) is 0 Å². The molecule has 2 aliphatic heterocycles. The van der Waals surface area contributed by atoms with Crippen molar-refractivity contribution in [2.45, 2.75) is 45.4 Å². The van der Waals surface area contributed by atoms with E-state index in [4.69, 9.17) is 31.9 Å². The minimum atomic E-state index is -0.814. The molecule has 8 radical (unpaired) electrons. The molecular formula is C27H40B4N8O8. The number of ketones is 1. The summed E-state index contributed by atoms with van der Waals surface area (Å²) >= 11 is 0. The molecule has 7 amide bonds. The Morgan fingerprint density at radius 2 is 0.979 bits per heavy atom. The van der Waals surface area contributed by atoms with Gasteiger partial charge in [-0.2, -0.15) is 0 Å². The van der Waals surface area contributed by atoms with E-state index in [2.05, 4.69) is 5.32 Å². The Bertz CT molecular complexity index is 1070. The first-order valence-corrected chi connectivity index (χ1v) is 15.4. The van der Waals surface area contributed by atoms with Crippen LogP contribution < -0.4 is 26.2 Å². The van der Waals surface area contributed by atoms with Gasteiger partial charge in [-0.25, -0.2) is 0 Å².